The molecule has 3 aromatic rings. The number of sulfonamides is 1. The summed E-state index contributed by atoms with van der Waals surface area (Å²) in [5, 5.41) is 4.56. The Morgan fingerprint density at radius 3 is 2.52 bits per heavy atom. The van der Waals surface area contributed by atoms with Gasteiger partial charge in [0.15, 0.2) is 5.13 Å². The number of hydrogen-bond acceptors (Lipinski definition) is 8. The van der Waals surface area contributed by atoms with Gasteiger partial charge in [0.25, 0.3) is 15.9 Å². The first-order valence-corrected chi connectivity index (χ1v) is 12.4. The van der Waals surface area contributed by atoms with Gasteiger partial charge in [-0.25, -0.2) is 13.4 Å². The average molecular weight is 490 g/mol. The minimum Gasteiger partial charge on any atom is -0.494 e. The number of nitrogens with zero attached hydrogens (tertiary/aromatic N) is 1. The van der Waals surface area contributed by atoms with Gasteiger partial charge in [-0.2, -0.15) is 0 Å². The van der Waals surface area contributed by atoms with E-state index in [1.165, 1.54) is 24.3 Å². The highest BCUT2D eigenvalue weighted by Gasteiger charge is 2.18. The maximum Gasteiger partial charge on any atom is 0.311 e. The lowest BCUT2D eigenvalue weighted by Crippen LogP contribution is -2.16. The molecule has 0 aliphatic heterocycles. The Kier molecular flexibility index (Phi) is 8.01. The van der Waals surface area contributed by atoms with E-state index in [0.717, 1.165) is 11.3 Å². The van der Waals surface area contributed by atoms with Crippen LogP contribution in [0.3, 0.4) is 0 Å². The summed E-state index contributed by atoms with van der Waals surface area (Å²) >= 11 is 1.16. The number of rotatable bonds is 10. The Morgan fingerprint density at radius 2 is 1.82 bits per heavy atom. The van der Waals surface area contributed by atoms with E-state index in [1.807, 2.05) is 6.92 Å². The van der Waals surface area contributed by atoms with Gasteiger partial charge in [0, 0.05) is 16.6 Å². The summed E-state index contributed by atoms with van der Waals surface area (Å²) in [4.78, 5) is 28.3. The Hall–Kier alpha value is -3.44. The number of esters is 1. The number of benzene rings is 2. The number of amides is 1. The molecule has 3 rings (SSSR count). The molecule has 1 amide bonds. The molecule has 174 valence electrons. The van der Waals surface area contributed by atoms with E-state index in [1.54, 1.807) is 36.6 Å². The van der Waals surface area contributed by atoms with E-state index in [9.17, 15) is 18.0 Å². The van der Waals surface area contributed by atoms with Crippen LogP contribution in [0.2, 0.25) is 0 Å². The third-order valence-electron chi connectivity index (χ3n) is 4.23. The number of carbonyl (C=O) groups excluding carboxylic acids is 2. The number of aromatic nitrogens is 1. The summed E-state index contributed by atoms with van der Waals surface area (Å²) in [5.74, 6) is -0.296. The normalized spacial score (nSPS) is 11.0. The Labute approximate surface area is 195 Å². The topological polar surface area (TPSA) is 124 Å². The second-order valence-electron chi connectivity index (χ2n) is 6.67. The van der Waals surface area contributed by atoms with E-state index in [-0.39, 0.29) is 23.5 Å². The van der Waals surface area contributed by atoms with E-state index in [4.69, 9.17) is 9.47 Å². The highest BCUT2D eigenvalue weighted by Crippen LogP contribution is 2.21. The van der Waals surface area contributed by atoms with Crippen molar-refractivity contribution in [1.82, 2.24) is 4.98 Å². The standard InChI is InChI=1S/C22H23N3O6S2/c1-3-30-18-10-8-16(9-11-18)25-33(28,29)19-7-5-6-15(12-19)21(27)24-22-23-17(14-32-22)13-20(26)31-4-2/h5-12,14,25H,3-4,13H2,1-2H3,(H,23,24,27). The summed E-state index contributed by atoms with van der Waals surface area (Å²) < 4.78 is 38.3. The largest absolute Gasteiger partial charge is 0.494 e. The molecule has 0 aliphatic carbocycles. The van der Waals surface area contributed by atoms with E-state index in [2.05, 4.69) is 15.0 Å². The van der Waals surface area contributed by atoms with Crippen molar-refractivity contribution in [2.75, 3.05) is 23.3 Å². The lowest BCUT2D eigenvalue weighted by molar-refractivity contribution is -0.142. The van der Waals surface area contributed by atoms with Crippen molar-refractivity contribution in [3.05, 3.63) is 65.2 Å². The average Bonchev–Trinajstić information content (AvgIpc) is 3.22. The molecule has 2 N–H and O–H groups in total. The molecule has 0 bridgehead atoms. The second kappa shape index (κ2) is 10.9. The van der Waals surface area contributed by atoms with Gasteiger partial charge >= 0.3 is 5.97 Å². The third kappa shape index (κ3) is 6.77. The SMILES string of the molecule is CCOC(=O)Cc1csc(NC(=O)c2cccc(S(=O)(=O)Nc3ccc(OCC)cc3)c2)n1. The van der Waals surface area contributed by atoms with Gasteiger partial charge in [-0.3, -0.25) is 19.6 Å². The fourth-order valence-electron chi connectivity index (χ4n) is 2.78. The van der Waals surface area contributed by atoms with Crippen LogP contribution < -0.4 is 14.8 Å². The molecule has 0 radical (unpaired) electrons. The van der Waals surface area contributed by atoms with Gasteiger partial charge in [-0.1, -0.05) is 6.07 Å². The van der Waals surface area contributed by atoms with Crippen LogP contribution in [0.25, 0.3) is 0 Å². The van der Waals surface area contributed by atoms with Crippen molar-refractivity contribution in [2.45, 2.75) is 25.2 Å². The second-order valence-corrected chi connectivity index (χ2v) is 9.21. The minimum absolute atomic E-state index is 0.00512. The summed E-state index contributed by atoms with van der Waals surface area (Å²) in [6.07, 6.45) is 0.00512. The van der Waals surface area contributed by atoms with Gasteiger partial charge in [0.1, 0.15) is 5.75 Å². The molecule has 11 heteroatoms. The lowest BCUT2D eigenvalue weighted by atomic mass is 10.2. The summed E-state index contributed by atoms with van der Waals surface area (Å²) in [6.45, 7) is 4.36. The molecule has 2 aromatic carbocycles. The van der Waals surface area contributed by atoms with Crippen LogP contribution in [0.5, 0.6) is 5.75 Å². The highest BCUT2D eigenvalue weighted by atomic mass is 32.2. The van der Waals surface area contributed by atoms with Gasteiger partial charge < -0.3 is 9.47 Å². The van der Waals surface area contributed by atoms with Gasteiger partial charge in [-0.15, -0.1) is 11.3 Å². The predicted octanol–water partition coefficient (Wildman–Crippen LogP) is 3.70. The first-order chi connectivity index (χ1) is 15.8. The van der Waals surface area contributed by atoms with Gasteiger partial charge in [0.05, 0.1) is 30.2 Å². The van der Waals surface area contributed by atoms with Crippen molar-refractivity contribution < 1.29 is 27.5 Å². The zero-order valence-electron chi connectivity index (χ0n) is 18.0. The minimum atomic E-state index is -3.92. The molecule has 1 aromatic heterocycles. The smallest absolute Gasteiger partial charge is 0.311 e. The van der Waals surface area contributed by atoms with Crippen LogP contribution >= 0.6 is 11.3 Å². The number of hydrogen-bond donors (Lipinski definition) is 2. The summed E-state index contributed by atoms with van der Waals surface area (Å²) in [6, 6.07) is 12.2. The van der Waals surface area contributed by atoms with Crippen molar-refractivity contribution >= 4 is 44.1 Å². The fourth-order valence-corrected chi connectivity index (χ4v) is 4.59. The molecule has 0 saturated carbocycles. The molecule has 0 spiro atoms. The Bertz CT molecular complexity index is 1220. The Morgan fingerprint density at radius 1 is 1.06 bits per heavy atom. The number of thiazole rings is 1. The highest BCUT2D eigenvalue weighted by molar-refractivity contribution is 7.92. The molecule has 0 fully saturated rings. The monoisotopic (exact) mass is 489 g/mol. The van der Waals surface area contributed by atoms with Crippen LogP contribution in [0.1, 0.15) is 29.9 Å². The number of nitrogens with one attached hydrogen (secondary N) is 2. The Balaban J connectivity index is 1.68. The fraction of sp³-hybridized carbons (Fsp3) is 0.227. The first kappa shape index (κ1) is 24.2. The molecule has 33 heavy (non-hydrogen) atoms. The molecule has 9 nitrogen and oxygen atoms in total. The van der Waals surface area contributed by atoms with Crippen LogP contribution in [0, 0.1) is 0 Å². The van der Waals surface area contributed by atoms with Crippen molar-refractivity contribution in [2.24, 2.45) is 0 Å². The molecular weight excluding hydrogens is 466 g/mol. The van der Waals surface area contributed by atoms with Crippen LogP contribution in [-0.4, -0.2) is 38.5 Å². The molecule has 0 aliphatic rings. The number of carbonyl (C=O) groups is 2. The summed E-state index contributed by atoms with van der Waals surface area (Å²) in [5.41, 5.74) is 0.988. The number of ether oxygens (including phenoxy) is 2. The van der Waals surface area contributed by atoms with E-state index in [0.29, 0.717) is 28.9 Å². The molecule has 0 unspecified atom stereocenters. The first-order valence-electron chi connectivity index (χ1n) is 10.1. The van der Waals surface area contributed by atoms with Crippen LogP contribution in [-0.2, 0) is 26.0 Å². The van der Waals surface area contributed by atoms with Gasteiger partial charge in [-0.05, 0) is 56.3 Å². The van der Waals surface area contributed by atoms with Crippen molar-refractivity contribution in [3.63, 3.8) is 0 Å². The maximum atomic E-state index is 12.8. The quantitative estimate of drug-likeness (QED) is 0.416. The zero-order chi connectivity index (χ0) is 23.8. The lowest BCUT2D eigenvalue weighted by Gasteiger charge is -2.10. The molecule has 1 heterocycles. The zero-order valence-corrected chi connectivity index (χ0v) is 19.7. The molecular formula is C22H23N3O6S2. The maximum absolute atomic E-state index is 12.8. The van der Waals surface area contributed by atoms with Crippen molar-refractivity contribution in [3.8, 4) is 5.75 Å². The van der Waals surface area contributed by atoms with Gasteiger partial charge in [0.2, 0.25) is 0 Å². The van der Waals surface area contributed by atoms with E-state index < -0.39 is 21.9 Å². The van der Waals surface area contributed by atoms with Crippen LogP contribution in [0.4, 0.5) is 10.8 Å². The van der Waals surface area contributed by atoms with E-state index >= 15 is 0 Å². The van der Waals surface area contributed by atoms with Crippen LogP contribution in [0.15, 0.2) is 58.8 Å². The predicted molar refractivity (Wildman–Crippen MR) is 125 cm³/mol. The molecule has 0 saturated heterocycles. The number of anilines is 2. The van der Waals surface area contributed by atoms with Crippen molar-refractivity contribution in [1.29, 1.82) is 0 Å². The molecule has 0 atom stereocenters. The summed E-state index contributed by atoms with van der Waals surface area (Å²) in [7, 11) is -3.92. The third-order valence-corrected chi connectivity index (χ3v) is 6.41.